The van der Waals surface area contributed by atoms with Crippen molar-refractivity contribution in [2.24, 2.45) is 29.6 Å². The van der Waals surface area contributed by atoms with Crippen LogP contribution in [-0.4, -0.2) is 30.1 Å². The van der Waals surface area contributed by atoms with Gasteiger partial charge in [-0.25, -0.2) is 4.98 Å². The minimum atomic E-state index is -1.13. The number of hydrogen-bond acceptors (Lipinski definition) is 3. The highest BCUT2D eigenvalue weighted by Crippen LogP contribution is 2.57. The van der Waals surface area contributed by atoms with E-state index in [0.29, 0.717) is 24.4 Å². The average Bonchev–Trinajstić information content (AvgIpc) is 3.01. The van der Waals surface area contributed by atoms with Gasteiger partial charge < -0.3 is 10.1 Å². The van der Waals surface area contributed by atoms with Crippen LogP contribution in [0.4, 0.5) is 5.69 Å². The number of imidazole rings is 1. The topological polar surface area (TPSA) is 56.1 Å². The Morgan fingerprint density at radius 2 is 1.84 bits per heavy atom. The number of anilines is 1. The SMILES string of the molecule is C[Si](C)(C)CCOCn1c(Cl)nc2ccc(NC(=O)CC3C4CC5CC(C4)CC3C5)cc21. The van der Waals surface area contributed by atoms with Gasteiger partial charge in [-0.1, -0.05) is 19.6 Å². The van der Waals surface area contributed by atoms with Crippen LogP contribution in [0, 0.1) is 29.6 Å². The van der Waals surface area contributed by atoms with Crippen molar-refractivity contribution < 1.29 is 9.53 Å². The van der Waals surface area contributed by atoms with Crippen molar-refractivity contribution in [2.45, 2.75) is 70.9 Å². The molecule has 5 nitrogen and oxygen atoms in total. The van der Waals surface area contributed by atoms with Crippen LogP contribution >= 0.6 is 11.6 Å². The fourth-order valence-electron chi connectivity index (χ4n) is 6.63. The number of ether oxygens (including phenoxy) is 1. The summed E-state index contributed by atoms with van der Waals surface area (Å²) in [5, 5.41) is 3.58. The minimum absolute atomic E-state index is 0.144. The third-order valence-corrected chi connectivity index (χ3v) is 10.0. The molecule has 1 amide bonds. The van der Waals surface area contributed by atoms with Crippen LogP contribution in [0.2, 0.25) is 31.0 Å². The highest BCUT2D eigenvalue weighted by atomic mass is 35.5. The lowest BCUT2D eigenvalue weighted by molar-refractivity contribution is -0.121. The Kier molecular flexibility index (Phi) is 6.14. The van der Waals surface area contributed by atoms with Crippen molar-refractivity contribution in [3.8, 4) is 0 Å². The summed E-state index contributed by atoms with van der Waals surface area (Å²) in [4.78, 5) is 17.4. The van der Waals surface area contributed by atoms with Crippen molar-refractivity contribution in [1.29, 1.82) is 0 Å². The molecule has 1 aromatic carbocycles. The molecule has 1 aromatic heterocycles. The van der Waals surface area contributed by atoms with E-state index in [4.69, 9.17) is 16.3 Å². The summed E-state index contributed by atoms with van der Waals surface area (Å²) in [5.74, 6) is 4.15. The van der Waals surface area contributed by atoms with E-state index >= 15 is 0 Å². The zero-order chi connectivity index (χ0) is 22.5. The summed E-state index contributed by atoms with van der Waals surface area (Å²) in [6.07, 6.45) is 7.52. The molecule has 6 rings (SSSR count). The van der Waals surface area contributed by atoms with Crippen LogP contribution in [0.1, 0.15) is 38.5 Å². The highest BCUT2D eigenvalue weighted by molar-refractivity contribution is 6.76. The zero-order valence-electron chi connectivity index (χ0n) is 19.6. The number of carbonyl (C=O) groups is 1. The molecule has 0 spiro atoms. The van der Waals surface area contributed by atoms with Crippen LogP contribution in [0.3, 0.4) is 0 Å². The number of benzene rings is 1. The number of nitrogens with zero attached hydrogens (tertiary/aromatic N) is 2. The lowest BCUT2D eigenvalue weighted by Gasteiger charge is -2.54. The van der Waals surface area contributed by atoms with Crippen LogP contribution in [0.5, 0.6) is 0 Å². The van der Waals surface area contributed by atoms with Crippen LogP contribution in [0.15, 0.2) is 18.2 Å². The summed E-state index contributed by atoms with van der Waals surface area (Å²) < 4.78 is 7.79. The average molecular weight is 474 g/mol. The molecule has 0 saturated heterocycles. The van der Waals surface area contributed by atoms with Crippen LogP contribution in [-0.2, 0) is 16.3 Å². The summed E-state index contributed by atoms with van der Waals surface area (Å²) in [5.41, 5.74) is 2.53. The Hall–Kier alpha value is -1.37. The van der Waals surface area contributed by atoms with Gasteiger partial charge in [-0.3, -0.25) is 9.36 Å². The number of hydrogen-bond donors (Lipinski definition) is 1. The van der Waals surface area contributed by atoms with Gasteiger partial charge in [0.2, 0.25) is 11.2 Å². The molecule has 4 aliphatic carbocycles. The lowest BCUT2D eigenvalue weighted by atomic mass is 9.51. The predicted octanol–water partition coefficient (Wildman–Crippen LogP) is 6.40. The normalized spacial score (nSPS) is 29.1. The molecule has 0 radical (unpaired) electrons. The molecule has 174 valence electrons. The summed E-state index contributed by atoms with van der Waals surface area (Å²) in [7, 11) is -1.13. The van der Waals surface area contributed by atoms with Crippen molar-refractivity contribution in [2.75, 3.05) is 11.9 Å². The van der Waals surface area contributed by atoms with Gasteiger partial charge >= 0.3 is 0 Å². The van der Waals surface area contributed by atoms with Crippen molar-refractivity contribution in [1.82, 2.24) is 9.55 Å². The van der Waals surface area contributed by atoms with E-state index in [1.807, 2.05) is 22.8 Å². The second-order valence-corrected chi connectivity index (χ2v) is 17.7. The second kappa shape index (κ2) is 8.77. The number of rotatable bonds is 8. The molecule has 7 heteroatoms. The standard InChI is InChI=1S/C25H36ClN3O2Si/c1-32(2,3)7-6-31-15-29-23-13-20(4-5-22(23)28-25(29)26)27-24(30)14-21-18-9-16-8-17(11-18)12-19(21)10-16/h4-5,13,16-19,21H,6-12,14-15H2,1-3H3,(H,27,30). The molecule has 0 atom stereocenters. The third kappa shape index (κ3) is 4.78. The smallest absolute Gasteiger partial charge is 0.224 e. The van der Waals surface area contributed by atoms with E-state index in [2.05, 4.69) is 29.9 Å². The van der Waals surface area contributed by atoms with E-state index in [1.165, 1.54) is 32.1 Å². The van der Waals surface area contributed by atoms with Crippen molar-refractivity contribution in [3.63, 3.8) is 0 Å². The van der Waals surface area contributed by atoms with Gasteiger partial charge in [-0.2, -0.15) is 0 Å². The number of halogens is 1. The molecule has 4 saturated carbocycles. The molecular formula is C25H36ClN3O2Si. The van der Waals surface area contributed by atoms with Crippen LogP contribution < -0.4 is 5.32 Å². The Balaban J connectivity index is 1.23. The van der Waals surface area contributed by atoms with Crippen LogP contribution in [0.25, 0.3) is 11.0 Å². The van der Waals surface area contributed by atoms with Gasteiger partial charge in [0.05, 0.1) is 11.0 Å². The van der Waals surface area contributed by atoms with Gasteiger partial charge in [0.25, 0.3) is 0 Å². The molecule has 0 unspecified atom stereocenters. The predicted molar refractivity (Wildman–Crippen MR) is 133 cm³/mol. The molecule has 2 aromatic rings. The fourth-order valence-corrected chi connectivity index (χ4v) is 7.61. The largest absolute Gasteiger partial charge is 0.361 e. The quantitative estimate of drug-likeness (QED) is 0.356. The number of fused-ring (bicyclic) bond motifs is 1. The maximum atomic E-state index is 13.0. The lowest BCUT2D eigenvalue weighted by Crippen LogP contribution is -2.46. The molecule has 4 bridgehead atoms. The summed E-state index contributed by atoms with van der Waals surface area (Å²) in [6.45, 7) is 8.13. The first-order chi connectivity index (χ1) is 15.2. The van der Waals surface area contributed by atoms with Crippen molar-refractivity contribution in [3.05, 3.63) is 23.5 Å². The van der Waals surface area contributed by atoms with Gasteiger partial charge in [0, 0.05) is 26.8 Å². The Labute approximate surface area is 197 Å². The number of carbonyl (C=O) groups excluding carboxylic acids is 1. The molecule has 4 aliphatic rings. The van der Waals surface area contributed by atoms with Gasteiger partial charge in [0.15, 0.2) is 0 Å². The molecule has 1 heterocycles. The Morgan fingerprint density at radius 3 is 2.50 bits per heavy atom. The van der Waals surface area contributed by atoms with Gasteiger partial charge in [0.1, 0.15) is 6.73 Å². The zero-order valence-corrected chi connectivity index (χ0v) is 21.3. The molecule has 32 heavy (non-hydrogen) atoms. The van der Waals surface area contributed by atoms with E-state index in [-0.39, 0.29) is 5.91 Å². The maximum Gasteiger partial charge on any atom is 0.224 e. The monoisotopic (exact) mass is 473 g/mol. The minimum Gasteiger partial charge on any atom is -0.361 e. The highest BCUT2D eigenvalue weighted by Gasteiger charge is 2.48. The van der Waals surface area contributed by atoms with Gasteiger partial charge in [-0.05, 0) is 97.5 Å². The maximum absolute atomic E-state index is 13.0. The molecular weight excluding hydrogens is 438 g/mol. The summed E-state index contributed by atoms with van der Waals surface area (Å²) in [6, 6.07) is 6.95. The molecule has 1 N–H and O–H groups in total. The first-order valence-electron chi connectivity index (χ1n) is 12.3. The van der Waals surface area contributed by atoms with E-state index in [0.717, 1.165) is 53.0 Å². The first-order valence-corrected chi connectivity index (χ1v) is 16.4. The summed E-state index contributed by atoms with van der Waals surface area (Å²) >= 11 is 6.39. The van der Waals surface area contributed by atoms with Crippen molar-refractivity contribution >= 4 is 42.3 Å². The fraction of sp³-hybridized carbons (Fsp3) is 0.680. The number of nitrogens with one attached hydrogen (secondary N) is 1. The Morgan fingerprint density at radius 1 is 1.16 bits per heavy atom. The van der Waals surface area contributed by atoms with E-state index in [1.54, 1.807) is 0 Å². The number of amides is 1. The van der Waals surface area contributed by atoms with E-state index in [9.17, 15) is 4.79 Å². The van der Waals surface area contributed by atoms with E-state index < -0.39 is 8.07 Å². The molecule has 4 fully saturated rings. The second-order valence-electron chi connectivity index (χ2n) is 11.7. The third-order valence-electron chi connectivity index (χ3n) is 8.05. The number of aromatic nitrogens is 2. The molecule has 0 aliphatic heterocycles. The first kappa shape index (κ1) is 22.4. The Bertz CT molecular complexity index is 971. The van der Waals surface area contributed by atoms with Gasteiger partial charge in [-0.15, -0.1) is 0 Å².